The van der Waals surface area contributed by atoms with Crippen molar-refractivity contribution in [2.75, 3.05) is 47.5 Å². The van der Waals surface area contributed by atoms with Gasteiger partial charge in [0.05, 0.1) is 40.3 Å². The van der Waals surface area contributed by atoms with Gasteiger partial charge in [0, 0.05) is 12.8 Å². The molecule has 0 bridgehead atoms. The van der Waals surface area contributed by atoms with Crippen LogP contribution in [0.2, 0.25) is 0 Å². The lowest BCUT2D eigenvalue weighted by molar-refractivity contribution is -0.870. The van der Waals surface area contributed by atoms with Crippen LogP contribution in [0.4, 0.5) is 0 Å². The Morgan fingerprint density at radius 2 is 0.553 bits per heavy atom. The van der Waals surface area contributed by atoms with Crippen molar-refractivity contribution in [3.05, 3.63) is 170 Å². The van der Waals surface area contributed by atoms with Gasteiger partial charge in [0.1, 0.15) is 13.2 Å². The second-order valence-electron chi connectivity index (χ2n) is 29.0. The van der Waals surface area contributed by atoms with Crippen molar-refractivity contribution in [2.24, 2.45) is 0 Å². The van der Waals surface area contributed by atoms with Gasteiger partial charge < -0.3 is 33.3 Å². The second kappa shape index (κ2) is 82.3. The van der Waals surface area contributed by atoms with Gasteiger partial charge >= 0.3 is 11.9 Å². The summed E-state index contributed by atoms with van der Waals surface area (Å²) in [6.07, 6.45) is 121. The zero-order chi connectivity index (χ0) is 74.6. The van der Waals surface area contributed by atoms with Gasteiger partial charge in [-0.3, -0.25) is 9.59 Å². The summed E-state index contributed by atoms with van der Waals surface area (Å²) in [5.74, 6) is -2.33. The van der Waals surface area contributed by atoms with Gasteiger partial charge in [0.25, 0.3) is 0 Å². The SMILES string of the molecule is CC/C=C\C/C=C\C/C=C\C/C=C\C/C=C\C/C=C\C/C=C\C/C=C\C/C=C\C/C=C\C/C=C\CCCCCC(=O)OC(COC(=O)CCCCCCCCCCCCCCCCCCCCCCCCCCCC/C=C\C/C=C\C/C=C\CCCCCCC)COC(OCC[N+](C)(C)C)C(=O)[O-]. The zero-order valence-electron chi connectivity index (χ0n) is 67.1. The first-order chi connectivity index (χ1) is 50.6. The van der Waals surface area contributed by atoms with Crippen LogP contribution in [0, 0.1) is 0 Å². The number of carbonyl (C=O) groups excluding carboxylic acids is 3. The highest BCUT2D eigenvalue weighted by Gasteiger charge is 2.22. The Hall–Kier alpha value is -5.35. The molecule has 0 radical (unpaired) electrons. The average Bonchev–Trinajstić information content (AvgIpc) is 1.16. The number of aliphatic carboxylic acids is 1. The Morgan fingerprint density at radius 1 is 0.301 bits per heavy atom. The molecule has 0 heterocycles. The number of carboxylic acids is 1. The molecule has 0 aromatic rings. The Bertz CT molecular complexity index is 2310. The van der Waals surface area contributed by atoms with Crippen LogP contribution < -0.4 is 5.11 Å². The fourth-order valence-electron chi connectivity index (χ4n) is 11.6. The maximum atomic E-state index is 13.0. The van der Waals surface area contributed by atoms with Crippen LogP contribution in [0.15, 0.2) is 170 Å². The lowest BCUT2D eigenvalue weighted by Crippen LogP contribution is -2.44. The Kier molecular flexibility index (Phi) is 78.0. The molecule has 0 spiro atoms. The van der Waals surface area contributed by atoms with E-state index in [2.05, 4.69) is 184 Å². The van der Waals surface area contributed by atoms with Crippen LogP contribution >= 0.6 is 0 Å². The molecule has 9 heteroatoms. The molecular weight excluding hydrogens is 1270 g/mol. The molecule has 0 aromatic heterocycles. The van der Waals surface area contributed by atoms with Crippen molar-refractivity contribution in [1.29, 1.82) is 0 Å². The lowest BCUT2D eigenvalue weighted by atomic mass is 10.0. The molecule has 586 valence electrons. The van der Waals surface area contributed by atoms with Gasteiger partial charge in [-0.1, -0.05) is 370 Å². The molecule has 0 saturated carbocycles. The first-order valence-corrected chi connectivity index (χ1v) is 42.3. The van der Waals surface area contributed by atoms with Gasteiger partial charge in [-0.15, -0.1) is 0 Å². The van der Waals surface area contributed by atoms with E-state index in [1.807, 2.05) is 21.1 Å². The number of ether oxygens (including phenoxy) is 4. The maximum Gasteiger partial charge on any atom is 0.306 e. The first-order valence-electron chi connectivity index (χ1n) is 42.3. The number of quaternary nitrogens is 1. The summed E-state index contributed by atoms with van der Waals surface area (Å²) >= 11 is 0. The van der Waals surface area contributed by atoms with Gasteiger partial charge in [0.2, 0.25) is 0 Å². The lowest BCUT2D eigenvalue weighted by Gasteiger charge is -2.26. The van der Waals surface area contributed by atoms with Crippen LogP contribution in [0.1, 0.15) is 348 Å². The molecule has 0 amide bonds. The standard InChI is InChI=1S/C94H157NO8/c1-6-8-10-12-14-16-18-20-22-24-26-28-30-32-34-36-38-40-42-44-45-46-47-49-50-52-54-56-58-60-62-64-66-68-70-72-74-76-78-80-82-84-91(96)101-88-90(89-102-94(93(98)99)100-87-86-95(3,4)5)103-92(97)85-83-81-79-77-75-73-71-69-67-65-63-61-59-57-55-53-51-48-43-41-39-37-35-33-31-29-27-25-23-21-19-17-15-13-11-9-7-2/h9,11,15,17-18,20-21,23-24,26-27,29-30,32-33,35,39,41,48,51,55,57,61,63,67,69,73,75,90,94H,6-8,10,12-14,16,19,22,25,28,31,34,36-38,40,42-47,49-50,52-54,56,58-60,62,64-66,68,70-72,74,76-89H2,1-5H3/b11-9-,17-15-,20-18-,23-21-,26-24-,29-27-,32-30-,35-33-,41-39-,51-48-,57-55-,63-61-,69-67-,75-73-. The number of esters is 2. The molecule has 2 unspecified atom stereocenters. The molecule has 0 aliphatic rings. The number of rotatable bonds is 77. The van der Waals surface area contributed by atoms with Crippen molar-refractivity contribution in [1.82, 2.24) is 0 Å². The molecule has 9 nitrogen and oxygen atoms in total. The molecule has 0 saturated heterocycles. The molecule has 0 N–H and O–H groups in total. The quantitative estimate of drug-likeness (QED) is 0.0195. The summed E-state index contributed by atoms with van der Waals surface area (Å²) in [6.45, 7) is 4.60. The van der Waals surface area contributed by atoms with Crippen molar-refractivity contribution in [3.8, 4) is 0 Å². The van der Waals surface area contributed by atoms with Crippen LogP contribution in [-0.4, -0.2) is 82.3 Å². The number of unbranched alkanes of at least 4 members (excludes halogenated alkanes) is 34. The van der Waals surface area contributed by atoms with E-state index < -0.39 is 24.3 Å². The van der Waals surface area contributed by atoms with E-state index in [1.54, 1.807) is 0 Å². The molecule has 0 fully saturated rings. The predicted molar refractivity (Wildman–Crippen MR) is 444 cm³/mol. The van der Waals surface area contributed by atoms with E-state index in [-0.39, 0.29) is 38.6 Å². The predicted octanol–water partition coefficient (Wildman–Crippen LogP) is 26.4. The van der Waals surface area contributed by atoms with Crippen LogP contribution in [0.5, 0.6) is 0 Å². The summed E-state index contributed by atoms with van der Waals surface area (Å²) in [6, 6.07) is 0. The number of likely N-dealkylation sites (N-methyl/N-ethyl adjacent to an activating group) is 1. The highest BCUT2D eigenvalue weighted by Crippen LogP contribution is 2.18. The first kappa shape index (κ1) is 97.7. The van der Waals surface area contributed by atoms with Crippen LogP contribution in [0.3, 0.4) is 0 Å². The molecule has 103 heavy (non-hydrogen) atoms. The highest BCUT2D eigenvalue weighted by atomic mass is 16.7. The van der Waals surface area contributed by atoms with E-state index in [1.165, 1.54) is 193 Å². The van der Waals surface area contributed by atoms with Gasteiger partial charge in [0.15, 0.2) is 12.4 Å². The summed E-state index contributed by atoms with van der Waals surface area (Å²) < 4.78 is 22.8. The second-order valence-corrected chi connectivity index (χ2v) is 29.0. The highest BCUT2D eigenvalue weighted by molar-refractivity contribution is 5.70. The topological polar surface area (TPSA) is 111 Å². The number of allylic oxidation sites excluding steroid dienone is 28. The van der Waals surface area contributed by atoms with Gasteiger partial charge in [-0.2, -0.15) is 0 Å². The zero-order valence-corrected chi connectivity index (χ0v) is 67.1. The number of carboxylic acid groups (broad SMARTS) is 1. The molecule has 0 aromatic carbocycles. The monoisotopic (exact) mass is 1430 g/mol. The van der Waals surface area contributed by atoms with Gasteiger partial charge in [-0.25, -0.2) is 0 Å². The Labute approximate surface area is 635 Å². The summed E-state index contributed by atoms with van der Waals surface area (Å²) in [5, 5.41) is 11.9. The van der Waals surface area contributed by atoms with E-state index in [0.29, 0.717) is 17.4 Å². The minimum absolute atomic E-state index is 0.134. The largest absolute Gasteiger partial charge is 0.545 e. The molecule has 0 rings (SSSR count). The van der Waals surface area contributed by atoms with E-state index in [4.69, 9.17) is 18.9 Å². The van der Waals surface area contributed by atoms with Crippen molar-refractivity contribution in [2.45, 2.75) is 360 Å². The summed E-state index contributed by atoms with van der Waals surface area (Å²) in [7, 11) is 5.92. The fraction of sp³-hybridized carbons (Fsp3) is 0.670. The van der Waals surface area contributed by atoms with Gasteiger partial charge in [-0.05, 0) is 135 Å². The third-order valence-electron chi connectivity index (χ3n) is 17.9. The van der Waals surface area contributed by atoms with Crippen molar-refractivity contribution in [3.63, 3.8) is 0 Å². The van der Waals surface area contributed by atoms with E-state index in [9.17, 15) is 19.5 Å². The van der Waals surface area contributed by atoms with Crippen molar-refractivity contribution < 1.29 is 42.9 Å². The van der Waals surface area contributed by atoms with E-state index in [0.717, 1.165) is 122 Å². The molecule has 2 atom stereocenters. The molecular formula is C94H157NO8. The molecule has 0 aliphatic carbocycles. The molecule has 0 aliphatic heterocycles. The Morgan fingerprint density at radius 3 is 0.835 bits per heavy atom. The van der Waals surface area contributed by atoms with E-state index >= 15 is 0 Å². The summed E-state index contributed by atoms with van der Waals surface area (Å²) in [5.41, 5.74) is 0. The number of nitrogens with zero attached hydrogens (tertiary/aromatic N) is 1. The smallest absolute Gasteiger partial charge is 0.306 e. The third-order valence-corrected chi connectivity index (χ3v) is 17.9. The van der Waals surface area contributed by atoms with Crippen LogP contribution in [-0.2, 0) is 33.3 Å². The van der Waals surface area contributed by atoms with Crippen molar-refractivity contribution >= 4 is 17.9 Å². The minimum Gasteiger partial charge on any atom is -0.545 e. The van der Waals surface area contributed by atoms with Crippen LogP contribution in [0.25, 0.3) is 0 Å². The number of hydrogen-bond acceptors (Lipinski definition) is 8. The Balaban J connectivity index is 4.08. The fourth-order valence-corrected chi connectivity index (χ4v) is 11.6. The normalized spacial score (nSPS) is 13.5. The minimum atomic E-state index is -1.64. The maximum absolute atomic E-state index is 13.0. The number of carbonyl (C=O) groups is 3. The summed E-state index contributed by atoms with van der Waals surface area (Å²) in [4.78, 5) is 37.6. The average molecular weight is 1430 g/mol. The number of hydrogen-bond donors (Lipinski definition) is 0. The third kappa shape index (κ3) is 83.8.